The van der Waals surface area contributed by atoms with Crippen LogP contribution in [-0.2, 0) is 15.6 Å². The molecule has 6 heteroatoms. The van der Waals surface area contributed by atoms with Crippen LogP contribution in [0.3, 0.4) is 0 Å². The Morgan fingerprint density at radius 3 is 2.43 bits per heavy atom. The van der Waals surface area contributed by atoms with Crippen molar-refractivity contribution in [1.29, 1.82) is 0 Å². The van der Waals surface area contributed by atoms with Crippen LogP contribution in [0, 0.1) is 0 Å². The van der Waals surface area contributed by atoms with Crippen molar-refractivity contribution < 1.29 is 8.42 Å². The van der Waals surface area contributed by atoms with E-state index in [2.05, 4.69) is 22.5 Å². The van der Waals surface area contributed by atoms with E-state index in [9.17, 15) is 8.42 Å². The van der Waals surface area contributed by atoms with Gasteiger partial charge in [-0.1, -0.05) is 37.3 Å². The molecule has 0 atom stereocenters. The number of nitrogens with zero attached hydrogens (tertiary/aromatic N) is 1. The predicted molar refractivity (Wildman–Crippen MR) is 88.2 cm³/mol. The van der Waals surface area contributed by atoms with Gasteiger partial charge < -0.3 is 10.6 Å². The zero-order valence-corrected chi connectivity index (χ0v) is 13.6. The van der Waals surface area contributed by atoms with Gasteiger partial charge >= 0.3 is 0 Å². The van der Waals surface area contributed by atoms with Gasteiger partial charge in [0, 0.05) is 20.1 Å². The number of sulfone groups is 1. The molecule has 0 fully saturated rings. The third-order valence-corrected chi connectivity index (χ3v) is 4.60. The summed E-state index contributed by atoms with van der Waals surface area (Å²) in [5.41, 5.74) is 0.839. The average Bonchev–Trinajstić information content (AvgIpc) is 2.47. The van der Waals surface area contributed by atoms with Gasteiger partial charge in [0.25, 0.3) is 0 Å². The second kappa shape index (κ2) is 9.39. The smallest absolute Gasteiger partial charge is 0.190 e. The second-order valence-electron chi connectivity index (χ2n) is 4.86. The van der Waals surface area contributed by atoms with Gasteiger partial charge in [0.1, 0.15) is 0 Å². The Bertz CT molecular complexity index is 527. The molecule has 118 valence electrons. The van der Waals surface area contributed by atoms with Crippen molar-refractivity contribution >= 4 is 15.8 Å². The lowest BCUT2D eigenvalue weighted by atomic mass is 10.2. The van der Waals surface area contributed by atoms with E-state index in [1.54, 1.807) is 7.05 Å². The van der Waals surface area contributed by atoms with Crippen LogP contribution in [0.2, 0.25) is 0 Å². The van der Waals surface area contributed by atoms with E-state index in [4.69, 9.17) is 0 Å². The minimum atomic E-state index is -3.06. The molecular weight excluding hydrogens is 286 g/mol. The van der Waals surface area contributed by atoms with Crippen LogP contribution in [0.15, 0.2) is 35.3 Å². The highest BCUT2D eigenvalue weighted by molar-refractivity contribution is 7.90. The maximum Gasteiger partial charge on any atom is 0.190 e. The molecule has 1 aromatic rings. The van der Waals surface area contributed by atoms with Gasteiger partial charge in [-0.2, -0.15) is 0 Å². The minimum absolute atomic E-state index is 0.108. The van der Waals surface area contributed by atoms with Gasteiger partial charge in [0.2, 0.25) is 0 Å². The Morgan fingerprint density at radius 2 is 1.81 bits per heavy atom. The summed E-state index contributed by atoms with van der Waals surface area (Å²) in [5.74, 6) is 1.01. The summed E-state index contributed by atoms with van der Waals surface area (Å²) in [4.78, 5) is 4.07. The van der Waals surface area contributed by atoms with Gasteiger partial charge in [0.05, 0.1) is 11.5 Å². The maximum absolute atomic E-state index is 12.0. The first-order valence-electron chi connectivity index (χ1n) is 7.26. The quantitative estimate of drug-likeness (QED) is 0.434. The van der Waals surface area contributed by atoms with Gasteiger partial charge in [-0.3, -0.25) is 4.99 Å². The first-order valence-corrected chi connectivity index (χ1v) is 9.08. The number of hydrogen-bond acceptors (Lipinski definition) is 3. The van der Waals surface area contributed by atoms with Gasteiger partial charge in [-0.05, 0) is 18.4 Å². The van der Waals surface area contributed by atoms with E-state index in [0.29, 0.717) is 13.0 Å². The van der Waals surface area contributed by atoms with Gasteiger partial charge in [-0.15, -0.1) is 0 Å². The molecule has 0 aromatic heterocycles. The molecule has 0 unspecified atom stereocenters. The van der Waals surface area contributed by atoms with Crippen LogP contribution in [0.5, 0.6) is 0 Å². The van der Waals surface area contributed by atoms with Crippen molar-refractivity contribution in [2.45, 2.75) is 25.5 Å². The van der Waals surface area contributed by atoms with E-state index < -0.39 is 9.84 Å². The average molecular weight is 311 g/mol. The fourth-order valence-electron chi connectivity index (χ4n) is 1.86. The fourth-order valence-corrected chi connectivity index (χ4v) is 3.29. The highest BCUT2D eigenvalue weighted by Crippen LogP contribution is 2.06. The Labute approximate surface area is 127 Å². The summed E-state index contributed by atoms with van der Waals surface area (Å²) >= 11 is 0. The van der Waals surface area contributed by atoms with E-state index in [1.807, 2.05) is 30.3 Å². The highest BCUT2D eigenvalue weighted by atomic mass is 32.2. The normalized spacial score (nSPS) is 12.2. The maximum atomic E-state index is 12.0. The minimum Gasteiger partial charge on any atom is -0.356 e. The Hall–Kier alpha value is -1.56. The molecule has 1 aromatic carbocycles. The Balaban J connectivity index is 2.31. The molecule has 0 saturated heterocycles. The van der Waals surface area contributed by atoms with Crippen LogP contribution in [-0.4, -0.2) is 40.3 Å². The summed E-state index contributed by atoms with van der Waals surface area (Å²) in [6.45, 7) is 3.53. The van der Waals surface area contributed by atoms with Crippen molar-refractivity contribution in [3.05, 3.63) is 35.9 Å². The van der Waals surface area contributed by atoms with Crippen molar-refractivity contribution in [3.8, 4) is 0 Å². The molecule has 1 rings (SSSR count). The highest BCUT2D eigenvalue weighted by Gasteiger charge is 2.11. The lowest BCUT2D eigenvalue weighted by Crippen LogP contribution is -2.38. The fraction of sp³-hybridized carbons (Fsp3) is 0.533. The van der Waals surface area contributed by atoms with Gasteiger partial charge in [0.15, 0.2) is 15.8 Å². The topological polar surface area (TPSA) is 70.6 Å². The summed E-state index contributed by atoms with van der Waals surface area (Å²) in [7, 11) is -1.35. The molecule has 0 amide bonds. The van der Waals surface area contributed by atoms with Crippen LogP contribution >= 0.6 is 0 Å². The molecule has 0 bridgehead atoms. The van der Waals surface area contributed by atoms with Crippen LogP contribution in [0.1, 0.15) is 25.3 Å². The molecule has 0 aliphatic rings. The number of rotatable bonds is 8. The third-order valence-electron chi connectivity index (χ3n) is 2.92. The van der Waals surface area contributed by atoms with Crippen molar-refractivity contribution in [1.82, 2.24) is 10.6 Å². The SMILES string of the molecule is CCCNC(=NC)NCCCS(=O)(=O)Cc1ccccc1. The van der Waals surface area contributed by atoms with Crippen LogP contribution < -0.4 is 10.6 Å². The molecule has 0 aliphatic carbocycles. The van der Waals surface area contributed by atoms with Crippen molar-refractivity contribution in [2.24, 2.45) is 4.99 Å². The molecule has 0 aliphatic heterocycles. The Kier molecular flexibility index (Phi) is 7.82. The number of nitrogens with one attached hydrogen (secondary N) is 2. The molecule has 21 heavy (non-hydrogen) atoms. The molecule has 0 heterocycles. The van der Waals surface area contributed by atoms with E-state index in [0.717, 1.165) is 24.5 Å². The monoisotopic (exact) mass is 311 g/mol. The molecule has 5 nitrogen and oxygen atoms in total. The van der Waals surface area contributed by atoms with E-state index >= 15 is 0 Å². The molecule has 0 saturated carbocycles. The van der Waals surface area contributed by atoms with Crippen LogP contribution in [0.25, 0.3) is 0 Å². The number of hydrogen-bond donors (Lipinski definition) is 2. The number of benzene rings is 1. The second-order valence-corrected chi connectivity index (χ2v) is 7.04. The lowest BCUT2D eigenvalue weighted by molar-refractivity contribution is 0.591. The zero-order chi connectivity index (χ0) is 15.6. The van der Waals surface area contributed by atoms with Crippen molar-refractivity contribution in [2.75, 3.05) is 25.9 Å². The summed E-state index contributed by atoms with van der Waals surface area (Å²) < 4.78 is 24.0. The van der Waals surface area contributed by atoms with Crippen LogP contribution in [0.4, 0.5) is 0 Å². The largest absolute Gasteiger partial charge is 0.356 e. The van der Waals surface area contributed by atoms with E-state index in [1.165, 1.54) is 0 Å². The summed E-state index contributed by atoms with van der Waals surface area (Å²) in [6.07, 6.45) is 1.59. The summed E-state index contributed by atoms with van der Waals surface area (Å²) in [6, 6.07) is 9.28. The Morgan fingerprint density at radius 1 is 1.14 bits per heavy atom. The summed E-state index contributed by atoms with van der Waals surface area (Å²) in [5, 5.41) is 6.26. The first kappa shape index (κ1) is 17.5. The lowest BCUT2D eigenvalue weighted by Gasteiger charge is -2.11. The predicted octanol–water partition coefficient (Wildman–Crippen LogP) is 1.57. The first-order chi connectivity index (χ1) is 10.1. The number of aliphatic imine (C=N–C) groups is 1. The zero-order valence-electron chi connectivity index (χ0n) is 12.8. The molecule has 0 spiro atoms. The van der Waals surface area contributed by atoms with Gasteiger partial charge in [-0.25, -0.2) is 8.42 Å². The van der Waals surface area contributed by atoms with E-state index in [-0.39, 0.29) is 11.5 Å². The molecule has 2 N–H and O–H groups in total. The third kappa shape index (κ3) is 7.70. The standard InChI is InChI=1S/C15H25N3O2S/c1-3-10-17-15(16-2)18-11-7-12-21(19,20)13-14-8-5-4-6-9-14/h4-6,8-9H,3,7,10-13H2,1-2H3,(H2,16,17,18). The van der Waals surface area contributed by atoms with Crippen molar-refractivity contribution in [3.63, 3.8) is 0 Å². The number of guanidine groups is 1. The molecule has 0 radical (unpaired) electrons. The molecular formula is C15H25N3O2S.